The molecule has 0 spiro atoms. The van der Waals surface area contributed by atoms with Crippen LogP contribution in [0.2, 0.25) is 0 Å². The molecule has 126 valence electrons. The molecule has 0 saturated heterocycles. The molecule has 1 atom stereocenters. The minimum absolute atomic E-state index is 0.0649. The van der Waals surface area contributed by atoms with Gasteiger partial charge in [-0.25, -0.2) is 9.97 Å². The van der Waals surface area contributed by atoms with Crippen molar-refractivity contribution in [2.75, 3.05) is 5.32 Å². The zero-order valence-corrected chi connectivity index (χ0v) is 15.9. The highest BCUT2D eigenvalue weighted by Gasteiger charge is 2.18. The quantitative estimate of drug-likeness (QED) is 0.510. The van der Waals surface area contributed by atoms with E-state index >= 15 is 0 Å². The van der Waals surface area contributed by atoms with E-state index in [4.69, 9.17) is 9.97 Å². The van der Waals surface area contributed by atoms with Crippen LogP contribution in [0.4, 0.5) is 5.82 Å². The van der Waals surface area contributed by atoms with E-state index in [9.17, 15) is 0 Å². The zero-order chi connectivity index (χ0) is 17.4. The van der Waals surface area contributed by atoms with Crippen molar-refractivity contribution < 1.29 is 0 Å². The number of hydrogen-bond donors (Lipinski definition) is 1. The smallest absolute Gasteiger partial charge is 0.173 e. The van der Waals surface area contributed by atoms with Gasteiger partial charge in [-0.3, -0.25) is 4.98 Å². The fourth-order valence-corrected chi connectivity index (χ4v) is 4.47. The summed E-state index contributed by atoms with van der Waals surface area (Å²) < 4.78 is 0. The number of aromatic nitrogens is 3. The number of nitrogens with one attached hydrogen (secondary N) is 1. The Kier molecular flexibility index (Phi) is 4.23. The van der Waals surface area contributed by atoms with Crippen LogP contribution in [0, 0.1) is 13.8 Å². The summed E-state index contributed by atoms with van der Waals surface area (Å²) in [4.78, 5) is 17.5. The monoisotopic (exact) mass is 366 g/mol. The lowest BCUT2D eigenvalue weighted by atomic mass is 10.1. The van der Waals surface area contributed by atoms with E-state index in [1.54, 1.807) is 22.7 Å². The van der Waals surface area contributed by atoms with Crippen LogP contribution in [-0.4, -0.2) is 15.0 Å². The van der Waals surface area contributed by atoms with Crippen LogP contribution in [0.1, 0.15) is 29.1 Å². The Labute approximate surface area is 154 Å². The maximum absolute atomic E-state index is 4.85. The largest absolute Gasteiger partial charge is 0.361 e. The zero-order valence-electron chi connectivity index (χ0n) is 14.3. The fraction of sp³-hybridized carbons (Fsp3) is 0.211. The van der Waals surface area contributed by atoms with E-state index in [0.717, 1.165) is 32.4 Å². The number of fused-ring (bicyclic) bond motifs is 1. The van der Waals surface area contributed by atoms with E-state index in [1.807, 2.05) is 30.5 Å². The summed E-state index contributed by atoms with van der Waals surface area (Å²) in [6.45, 7) is 6.38. The van der Waals surface area contributed by atoms with E-state index in [1.165, 1.54) is 10.4 Å². The lowest BCUT2D eigenvalue weighted by Crippen LogP contribution is -2.10. The molecule has 4 heterocycles. The lowest BCUT2D eigenvalue weighted by molar-refractivity contribution is 0.833. The van der Waals surface area contributed by atoms with Crippen molar-refractivity contribution in [3.8, 4) is 10.7 Å². The molecule has 4 nitrogen and oxygen atoms in total. The summed E-state index contributed by atoms with van der Waals surface area (Å²) in [5.41, 5.74) is 2.24. The number of hydrogen-bond acceptors (Lipinski definition) is 6. The molecule has 0 radical (unpaired) electrons. The summed E-state index contributed by atoms with van der Waals surface area (Å²) in [5.74, 6) is 1.66. The predicted octanol–water partition coefficient (Wildman–Crippen LogP) is 5.60. The molecule has 0 saturated carbocycles. The van der Waals surface area contributed by atoms with Crippen molar-refractivity contribution in [3.05, 3.63) is 58.0 Å². The van der Waals surface area contributed by atoms with Crippen LogP contribution >= 0.6 is 22.7 Å². The SMILES string of the molecule is Cc1sc2nc(-c3cccs3)nc(N[C@@H](C)c3ccccn3)c2c1C. The van der Waals surface area contributed by atoms with E-state index in [-0.39, 0.29) is 6.04 Å². The fourth-order valence-electron chi connectivity index (χ4n) is 2.78. The van der Waals surface area contributed by atoms with Crippen LogP contribution in [-0.2, 0) is 0 Å². The molecule has 4 aromatic rings. The number of rotatable bonds is 4. The summed E-state index contributed by atoms with van der Waals surface area (Å²) in [6.07, 6.45) is 1.82. The third-order valence-electron chi connectivity index (χ3n) is 4.25. The predicted molar refractivity (Wildman–Crippen MR) is 106 cm³/mol. The molecule has 0 aliphatic rings. The van der Waals surface area contributed by atoms with Gasteiger partial charge in [0, 0.05) is 11.1 Å². The van der Waals surface area contributed by atoms with Crippen molar-refractivity contribution >= 4 is 38.7 Å². The first kappa shape index (κ1) is 16.2. The van der Waals surface area contributed by atoms with E-state index in [0.29, 0.717) is 0 Å². The summed E-state index contributed by atoms with van der Waals surface area (Å²) in [5, 5.41) is 6.72. The molecule has 0 fully saturated rings. The molecule has 6 heteroatoms. The van der Waals surface area contributed by atoms with Crippen LogP contribution in [0.5, 0.6) is 0 Å². The van der Waals surface area contributed by atoms with Gasteiger partial charge in [-0.2, -0.15) is 0 Å². The van der Waals surface area contributed by atoms with Gasteiger partial charge in [0.25, 0.3) is 0 Å². The number of thiophene rings is 2. The Bertz CT molecular complexity index is 1010. The molecular weight excluding hydrogens is 348 g/mol. The number of pyridine rings is 1. The van der Waals surface area contributed by atoms with E-state index in [2.05, 4.69) is 42.5 Å². The minimum Gasteiger partial charge on any atom is -0.361 e. The van der Waals surface area contributed by atoms with Crippen LogP contribution in [0.15, 0.2) is 41.9 Å². The van der Waals surface area contributed by atoms with Crippen LogP contribution < -0.4 is 5.32 Å². The Morgan fingerprint density at radius 2 is 1.96 bits per heavy atom. The topological polar surface area (TPSA) is 50.7 Å². The highest BCUT2D eigenvalue weighted by Crippen LogP contribution is 2.36. The third kappa shape index (κ3) is 3.03. The summed E-state index contributed by atoms with van der Waals surface area (Å²) in [7, 11) is 0. The van der Waals surface area contributed by atoms with Crippen molar-refractivity contribution in [3.63, 3.8) is 0 Å². The number of aryl methyl sites for hydroxylation is 2. The lowest BCUT2D eigenvalue weighted by Gasteiger charge is -2.15. The third-order valence-corrected chi connectivity index (χ3v) is 6.22. The van der Waals surface area contributed by atoms with Gasteiger partial charge in [-0.15, -0.1) is 22.7 Å². The molecule has 4 rings (SSSR count). The van der Waals surface area contributed by atoms with Gasteiger partial charge in [0.05, 0.1) is 22.0 Å². The van der Waals surface area contributed by atoms with Crippen molar-refractivity contribution in [1.82, 2.24) is 15.0 Å². The highest BCUT2D eigenvalue weighted by molar-refractivity contribution is 7.19. The standard InChI is InChI=1S/C19H18N4S2/c1-11-13(3)25-19-16(11)18(21-12(2)14-7-4-5-9-20-14)22-17(23-19)15-8-6-10-24-15/h4-10,12H,1-3H3,(H,21,22,23)/t12-/m0/s1. The van der Waals surface area contributed by atoms with Gasteiger partial charge in [0.15, 0.2) is 5.82 Å². The van der Waals surface area contributed by atoms with Gasteiger partial charge >= 0.3 is 0 Å². The Morgan fingerprint density at radius 3 is 2.68 bits per heavy atom. The summed E-state index contributed by atoms with van der Waals surface area (Å²) >= 11 is 3.38. The molecule has 1 N–H and O–H groups in total. The van der Waals surface area contributed by atoms with Gasteiger partial charge < -0.3 is 5.32 Å². The molecule has 0 aromatic carbocycles. The average molecular weight is 367 g/mol. The average Bonchev–Trinajstić information content (AvgIpc) is 3.25. The maximum Gasteiger partial charge on any atom is 0.173 e. The molecule has 25 heavy (non-hydrogen) atoms. The maximum atomic E-state index is 4.85. The second kappa shape index (κ2) is 6.54. The molecule has 0 bridgehead atoms. The molecular formula is C19H18N4S2. The first-order valence-electron chi connectivity index (χ1n) is 8.12. The normalized spacial score (nSPS) is 12.4. The molecule has 4 aromatic heterocycles. The second-order valence-corrected chi connectivity index (χ2v) is 8.11. The first-order valence-corrected chi connectivity index (χ1v) is 9.82. The molecule has 0 aliphatic carbocycles. The van der Waals surface area contributed by atoms with Crippen molar-refractivity contribution in [2.45, 2.75) is 26.8 Å². The molecule has 0 aliphatic heterocycles. The highest BCUT2D eigenvalue weighted by atomic mass is 32.1. The molecule has 0 unspecified atom stereocenters. The van der Waals surface area contributed by atoms with Gasteiger partial charge in [0.2, 0.25) is 0 Å². The van der Waals surface area contributed by atoms with Gasteiger partial charge in [0.1, 0.15) is 10.6 Å². The first-order chi connectivity index (χ1) is 12.1. The second-order valence-electron chi connectivity index (χ2n) is 5.96. The Hall–Kier alpha value is -2.31. The molecule has 0 amide bonds. The number of anilines is 1. The Morgan fingerprint density at radius 1 is 1.08 bits per heavy atom. The van der Waals surface area contributed by atoms with Crippen molar-refractivity contribution in [1.29, 1.82) is 0 Å². The number of nitrogens with zero attached hydrogens (tertiary/aromatic N) is 3. The van der Waals surface area contributed by atoms with Gasteiger partial charge in [-0.1, -0.05) is 12.1 Å². The minimum atomic E-state index is 0.0649. The van der Waals surface area contributed by atoms with E-state index < -0.39 is 0 Å². The summed E-state index contributed by atoms with van der Waals surface area (Å²) in [6, 6.07) is 10.1. The Balaban J connectivity index is 1.83. The van der Waals surface area contributed by atoms with Crippen LogP contribution in [0.3, 0.4) is 0 Å². The van der Waals surface area contributed by atoms with Crippen molar-refractivity contribution in [2.24, 2.45) is 0 Å². The van der Waals surface area contributed by atoms with Gasteiger partial charge in [-0.05, 0) is 49.9 Å². The van der Waals surface area contributed by atoms with Crippen LogP contribution in [0.25, 0.3) is 20.9 Å².